The van der Waals surface area contributed by atoms with E-state index >= 15 is 0 Å². The normalized spacial score (nSPS) is 11.5. The lowest BCUT2D eigenvalue weighted by Gasteiger charge is -2.15. The van der Waals surface area contributed by atoms with Crippen molar-refractivity contribution in [2.24, 2.45) is 0 Å². The minimum absolute atomic E-state index is 0.182. The fraction of sp³-hybridized carbons (Fsp3) is 0.308. The Labute approximate surface area is 121 Å². The number of nitrogens with one attached hydrogen (secondary N) is 2. The van der Waals surface area contributed by atoms with Gasteiger partial charge in [-0.25, -0.2) is 4.79 Å². The number of aliphatic carboxylic acids is 1. The summed E-state index contributed by atoms with van der Waals surface area (Å²) in [6.07, 6.45) is 0.241. The van der Waals surface area contributed by atoms with Gasteiger partial charge in [0.05, 0.1) is 10.6 Å². The minimum atomic E-state index is -1.23. The summed E-state index contributed by atoms with van der Waals surface area (Å²) in [6, 6.07) is 5.09. The second-order valence-corrected chi connectivity index (χ2v) is 4.41. The first-order valence-electron chi connectivity index (χ1n) is 6.00. The van der Waals surface area contributed by atoms with Crippen molar-refractivity contribution < 1.29 is 19.5 Å². The molecule has 1 aromatic rings. The Bertz CT molecular complexity index is 519. The van der Waals surface area contributed by atoms with Crippen LogP contribution in [0.2, 0.25) is 5.02 Å². The lowest BCUT2D eigenvalue weighted by molar-refractivity contribution is -0.139. The van der Waals surface area contributed by atoms with Gasteiger partial charge < -0.3 is 15.7 Å². The molecule has 0 aliphatic carbocycles. The molecule has 1 aromatic carbocycles. The highest BCUT2D eigenvalue weighted by molar-refractivity contribution is 6.33. The van der Waals surface area contributed by atoms with Crippen LogP contribution < -0.4 is 10.6 Å². The van der Waals surface area contributed by atoms with E-state index < -0.39 is 17.9 Å². The molecule has 1 unspecified atom stereocenters. The molecule has 0 saturated heterocycles. The molecular formula is C13H15ClN2O4. The molecule has 0 saturated carbocycles. The van der Waals surface area contributed by atoms with Crippen molar-refractivity contribution in [1.29, 1.82) is 0 Å². The van der Waals surface area contributed by atoms with Crippen LogP contribution >= 0.6 is 11.6 Å². The number of rotatable bonds is 6. The van der Waals surface area contributed by atoms with E-state index in [0.29, 0.717) is 0 Å². The van der Waals surface area contributed by atoms with Crippen molar-refractivity contribution >= 4 is 29.4 Å². The van der Waals surface area contributed by atoms with E-state index in [9.17, 15) is 14.4 Å². The lowest BCUT2D eigenvalue weighted by atomic mass is 10.2. The van der Waals surface area contributed by atoms with Crippen LogP contribution in [0.3, 0.4) is 0 Å². The lowest BCUT2D eigenvalue weighted by Crippen LogP contribution is -2.48. The predicted molar refractivity (Wildman–Crippen MR) is 73.6 cm³/mol. The number of carboxylic acid groups (broad SMARTS) is 1. The molecule has 0 aromatic heterocycles. The van der Waals surface area contributed by atoms with E-state index in [1.54, 1.807) is 19.1 Å². The number of carbonyl (C=O) groups is 3. The van der Waals surface area contributed by atoms with Gasteiger partial charge in [-0.05, 0) is 12.1 Å². The third-order valence-corrected chi connectivity index (χ3v) is 2.88. The number of benzene rings is 1. The summed E-state index contributed by atoms with van der Waals surface area (Å²) >= 11 is 5.85. The van der Waals surface area contributed by atoms with E-state index in [4.69, 9.17) is 16.7 Å². The van der Waals surface area contributed by atoms with Crippen molar-refractivity contribution in [2.75, 3.05) is 6.54 Å². The minimum Gasteiger partial charge on any atom is -0.480 e. The van der Waals surface area contributed by atoms with Crippen LogP contribution in [0.15, 0.2) is 24.3 Å². The molecule has 6 nitrogen and oxygen atoms in total. The molecule has 0 spiro atoms. The molecule has 0 aliphatic rings. The summed E-state index contributed by atoms with van der Waals surface area (Å²) in [7, 11) is 0. The van der Waals surface area contributed by atoms with Crippen molar-refractivity contribution in [3.63, 3.8) is 0 Å². The summed E-state index contributed by atoms with van der Waals surface area (Å²) in [4.78, 5) is 34.1. The zero-order valence-corrected chi connectivity index (χ0v) is 11.6. The largest absolute Gasteiger partial charge is 0.480 e. The van der Waals surface area contributed by atoms with Crippen LogP contribution in [0.5, 0.6) is 0 Å². The molecule has 20 heavy (non-hydrogen) atoms. The second-order valence-electron chi connectivity index (χ2n) is 4.00. The highest BCUT2D eigenvalue weighted by Crippen LogP contribution is 2.14. The van der Waals surface area contributed by atoms with Crippen LogP contribution in [0.25, 0.3) is 0 Å². The molecule has 108 valence electrons. The van der Waals surface area contributed by atoms with Gasteiger partial charge in [0.25, 0.3) is 5.91 Å². The molecule has 0 fully saturated rings. The Morgan fingerprint density at radius 3 is 2.50 bits per heavy atom. The quantitative estimate of drug-likeness (QED) is 0.731. The Morgan fingerprint density at radius 1 is 1.30 bits per heavy atom. The number of carbonyl (C=O) groups excluding carboxylic acids is 2. The van der Waals surface area contributed by atoms with Crippen LogP contribution in [0, 0.1) is 0 Å². The van der Waals surface area contributed by atoms with Gasteiger partial charge in [-0.15, -0.1) is 0 Å². The Kier molecular flexibility index (Phi) is 5.99. The molecule has 0 heterocycles. The first-order chi connectivity index (χ1) is 9.45. The van der Waals surface area contributed by atoms with Crippen LogP contribution in [0.4, 0.5) is 0 Å². The Morgan fingerprint density at radius 2 is 1.95 bits per heavy atom. The monoisotopic (exact) mass is 298 g/mol. The molecule has 0 aliphatic heterocycles. The number of amides is 2. The SMILES string of the molecule is CCC(=O)NCC(NC(=O)c1ccccc1Cl)C(=O)O. The highest BCUT2D eigenvalue weighted by atomic mass is 35.5. The highest BCUT2D eigenvalue weighted by Gasteiger charge is 2.22. The molecule has 2 amide bonds. The maximum Gasteiger partial charge on any atom is 0.328 e. The fourth-order valence-electron chi connectivity index (χ4n) is 1.42. The van der Waals surface area contributed by atoms with Gasteiger partial charge in [-0.1, -0.05) is 30.7 Å². The van der Waals surface area contributed by atoms with E-state index in [0.717, 1.165) is 0 Å². The summed E-state index contributed by atoms with van der Waals surface area (Å²) in [5.41, 5.74) is 0.183. The molecular weight excluding hydrogens is 284 g/mol. The summed E-state index contributed by atoms with van der Waals surface area (Å²) in [5.74, 6) is -2.13. The number of hydrogen-bond acceptors (Lipinski definition) is 3. The molecule has 0 bridgehead atoms. The molecule has 1 atom stereocenters. The van der Waals surface area contributed by atoms with Gasteiger partial charge in [0.1, 0.15) is 6.04 Å². The zero-order valence-electron chi connectivity index (χ0n) is 10.9. The van der Waals surface area contributed by atoms with Crippen LogP contribution in [-0.2, 0) is 9.59 Å². The van der Waals surface area contributed by atoms with Crippen molar-refractivity contribution in [2.45, 2.75) is 19.4 Å². The average Bonchev–Trinajstić information content (AvgIpc) is 2.42. The van der Waals surface area contributed by atoms with Crippen molar-refractivity contribution in [1.82, 2.24) is 10.6 Å². The molecule has 7 heteroatoms. The number of hydrogen-bond donors (Lipinski definition) is 3. The second kappa shape index (κ2) is 7.49. The van der Waals surface area contributed by atoms with Crippen LogP contribution in [0.1, 0.15) is 23.7 Å². The first-order valence-corrected chi connectivity index (χ1v) is 6.38. The van der Waals surface area contributed by atoms with Gasteiger partial charge >= 0.3 is 5.97 Å². The summed E-state index contributed by atoms with van der Waals surface area (Å²) < 4.78 is 0. The zero-order chi connectivity index (χ0) is 15.1. The van der Waals surface area contributed by atoms with E-state index in [1.165, 1.54) is 12.1 Å². The average molecular weight is 299 g/mol. The van der Waals surface area contributed by atoms with Gasteiger partial charge in [0, 0.05) is 13.0 Å². The Balaban J connectivity index is 2.71. The number of halogens is 1. The van der Waals surface area contributed by atoms with E-state index in [1.807, 2.05) is 0 Å². The maximum atomic E-state index is 11.9. The van der Waals surface area contributed by atoms with Crippen molar-refractivity contribution in [3.8, 4) is 0 Å². The maximum absolute atomic E-state index is 11.9. The fourth-order valence-corrected chi connectivity index (χ4v) is 1.64. The predicted octanol–water partition coefficient (Wildman–Crippen LogP) is 1.05. The first kappa shape index (κ1) is 16.0. The van der Waals surface area contributed by atoms with Gasteiger partial charge in [0.2, 0.25) is 5.91 Å². The van der Waals surface area contributed by atoms with Crippen LogP contribution in [-0.4, -0.2) is 35.5 Å². The smallest absolute Gasteiger partial charge is 0.328 e. The number of carboxylic acids is 1. The Hall–Kier alpha value is -2.08. The van der Waals surface area contributed by atoms with Gasteiger partial charge in [-0.2, -0.15) is 0 Å². The third kappa shape index (κ3) is 4.55. The van der Waals surface area contributed by atoms with Crippen molar-refractivity contribution in [3.05, 3.63) is 34.9 Å². The molecule has 3 N–H and O–H groups in total. The molecule has 0 radical (unpaired) electrons. The summed E-state index contributed by atoms with van der Waals surface area (Å²) in [5, 5.41) is 14.0. The third-order valence-electron chi connectivity index (χ3n) is 2.55. The topological polar surface area (TPSA) is 95.5 Å². The summed E-state index contributed by atoms with van der Waals surface area (Å²) in [6.45, 7) is 1.46. The van der Waals surface area contributed by atoms with E-state index in [2.05, 4.69) is 10.6 Å². The van der Waals surface area contributed by atoms with Gasteiger partial charge in [-0.3, -0.25) is 9.59 Å². The van der Waals surface area contributed by atoms with E-state index in [-0.39, 0.29) is 29.5 Å². The van der Waals surface area contributed by atoms with Gasteiger partial charge in [0.15, 0.2) is 0 Å². The molecule has 1 rings (SSSR count). The standard InChI is InChI=1S/C13H15ClN2O4/c1-2-11(17)15-7-10(13(19)20)16-12(18)8-5-3-4-6-9(8)14/h3-6,10H,2,7H2,1H3,(H,15,17)(H,16,18)(H,19,20).